The molecule has 0 atom stereocenters. The van der Waals surface area contributed by atoms with Gasteiger partial charge in [0, 0.05) is 16.8 Å². The summed E-state index contributed by atoms with van der Waals surface area (Å²) in [6.07, 6.45) is 0. The minimum Gasteiger partial charge on any atom is -0.268 e. The average Bonchev–Trinajstić information content (AvgIpc) is 2.41. The highest BCUT2D eigenvalue weighted by molar-refractivity contribution is 14.1. The van der Waals surface area contributed by atoms with Crippen molar-refractivity contribution in [3.8, 4) is 0 Å². The van der Waals surface area contributed by atoms with E-state index in [4.69, 9.17) is 0 Å². The van der Waals surface area contributed by atoms with E-state index in [1.165, 1.54) is 6.07 Å². The second kappa shape index (κ2) is 7.43. The number of sulfonamides is 1. The predicted molar refractivity (Wildman–Crippen MR) is 106 cm³/mol. The van der Waals surface area contributed by atoms with Crippen LogP contribution in [0.4, 0.5) is 8.78 Å². The van der Waals surface area contributed by atoms with E-state index in [1.807, 2.05) is 78.6 Å². The normalized spacial score (nSPS) is 11.3. The molecule has 0 aliphatic heterocycles. The fourth-order valence-electron chi connectivity index (χ4n) is 1.64. The molecule has 122 valence electrons. The van der Waals surface area contributed by atoms with Crippen molar-refractivity contribution in [3.63, 3.8) is 0 Å². The van der Waals surface area contributed by atoms with Crippen molar-refractivity contribution in [1.29, 1.82) is 0 Å². The van der Waals surface area contributed by atoms with Gasteiger partial charge in [-0.15, -0.1) is 0 Å². The van der Waals surface area contributed by atoms with Gasteiger partial charge >= 0.3 is 0 Å². The summed E-state index contributed by atoms with van der Waals surface area (Å²) in [4.78, 5) is 11.6. The highest BCUT2D eigenvalue weighted by Crippen LogP contribution is 2.23. The molecule has 0 saturated heterocycles. The molecule has 2 aromatic carbocycles. The number of carbonyl (C=O) groups is 1. The van der Waals surface area contributed by atoms with Crippen LogP contribution in [-0.4, -0.2) is 14.3 Å². The van der Waals surface area contributed by atoms with E-state index in [-0.39, 0.29) is 5.56 Å². The fraction of sp³-hybridized carbons (Fsp3) is 0. The van der Waals surface area contributed by atoms with Crippen molar-refractivity contribution in [1.82, 2.24) is 4.72 Å². The molecule has 0 aliphatic carbocycles. The predicted octanol–water partition coefficient (Wildman–Crippen LogP) is 3.90. The standard InChI is InChI=1S/C13H6F2I3NO3S/c14-6-1-7(15)3-9(2-6)23(21,22)19-13(20)10-4-8(16)5-11(17)12(10)18/h1-5H,(H,19,20). The largest absolute Gasteiger partial charge is 0.268 e. The van der Waals surface area contributed by atoms with Gasteiger partial charge in [0.05, 0.1) is 10.5 Å². The van der Waals surface area contributed by atoms with Crippen LogP contribution in [0, 0.1) is 22.3 Å². The molecule has 0 heterocycles. The number of hydrogen-bond acceptors (Lipinski definition) is 3. The lowest BCUT2D eigenvalue weighted by atomic mass is 10.2. The molecule has 0 aromatic heterocycles. The van der Waals surface area contributed by atoms with Gasteiger partial charge in [-0.25, -0.2) is 21.9 Å². The molecule has 0 unspecified atom stereocenters. The molecule has 0 radical (unpaired) electrons. The number of rotatable bonds is 3. The van der Waals surface area contributed by atoms with Crippen molar-refractivity contribution >= 4 is 83.7 Å². The lowest BCUT2D eigenvalue weighted by molar-refractivity contribution is 0.0980. The maximum atomic E-state index is 13.2. The summed E-state index contributed by atoms with van der Waals surface area (Å²) in [5.74, 6) is -2.96. The highest BCUT2D eigenvalue weighted by atomic mass is 127. The lowest BCUT2D eigenvalue weighted by Gasteiger charge is -2.10. The number of halogens is 5. The maximum absolute atomic E-state index is 13.2. The minimum absolute atomic E-state index is 0.169. The summed E-state index contributed by atoms with van der Waals surface area (Å²) in [7, 11) is -4.38. The molecule has 2 rings (SSSR count). The Hall–Kier alpha value is -0.0900. The van der Waals surface area contributed by atoms with Crippen LogP contribution in [-0.2, 0) is 10.0 Å². The van der Waals surface area contributed by atoms with Gasteiger partial charge < -0.3 is 0 Å². The summed E-state index contributed by atoms with van der Waals surface area (Å²) >= 11 is 5.95. The van der Waals surface area contributed by atoms with Crippen molar-refractivity contribution in [3.05, 3.63) is 58.2 Å². The third-order valence-corrected chi connectivity index (χ3v) is 7.59. The summed E-state index contributed by atoms with van der Waals surface area (Å²) in [5, 5.41) is 0. The van der Waals surface area contributed by atoms with Crippen molar-refractivity contribution in [2.75, 3.05) is 0 Å². The van der Waals surface area contributed by atoms with E-state index in [2.05, 4.69) is 0 Å². The van der Waals surface area contributed by atoms with Crippen LogP contribution in [0.2, 0.25) is 0 Å². The molecule has 0 fully saturated rings. The van der Waals surface area contributed by atoms with Crippen LogP contribution < -0.4 is 4.72 Å². The Balaban J connectivity index is 2.39. The molecule has 23 heavy (non-hydrogen) atoms. The Bertz CT molecular complexity index is 883. The molecule has 10 heteroatoms. The van der Waals surface area contributed by atoms with Crippen LogP contribution in [0.1, 0.15) is 10.4 Å². The van der Waals surface area contributed by atoms with Gasteiger partial charge in [0.2, 0.25) is 0 Å². The first-order valence-corrected chi connectivity index (χ1v) is 10.5. The van der Waals surface area contributed by atoms with Gasteiger partial charge in [0.1, 0.15) is 11.6 Å². The van der Waals surface area contributed by atoms with Crippen molar-refractivity contribution in [2.24, 2.45) is 0 Å². The monoisotopic (exact) mass is 675 g/mol. The van der Waals surface area contributed by atoms with E-state index in [1.54, 1.807) is 0 Å². The fourth-order valence-corrected chi connectivity index (χ4v) is 5.05. The molecule has 1 amide bonds. The maximum Gasteiger partial charge on any atom is 0.266 e. The Kier molecular flexibility index (Phi) is 6.21. The SMILES string of the molecule is O=C(NS(=O)(=O)c1cc(F)cc(F)c1)c1cc(I)cc(I)c1I. The van der Waals surface area contributed by atoms with Gasteiger partial charge in [-0.3, -0.25) is 4.79 Å². The molecular weight excluding hydrogens is 669 g/mol. The Morgan fingerprint density at radius 1 is 0.957 bits per heavy atom. The van der Waals surface area contributed by atoms with Gasteiger partial charge in [0.25, 0.3) is 15.9 Å². The van der Waals surface area contributed by atoms with E-state index in [0.717, 1.165) is 7.14 Å². The number of amides is 1. The Labute approximate surface area is 171 Å². The van der Waals surface area contributed by atoms with Crippen molar-refractivity contribution in [2.45, 2.75) is 4.90 Å². The molecule has 2 aromatic rings. The topological polar surface area (TPSA) is 63.2 Å². The van der Waals surface area contributed by atoms with E-state index in [9.17, 15) is 22.0 Å². The summed E-state index contributed by atoms with van der Waals surface area (Å²) in [6.45, 7) is 0. The quantitative estimate of drug-likeness (QED) is 0.397. The Morgan fingerprint density at radius 3 is 2.09 bits per heavy atom. The third kappa shape index (κ3) is 4.72. The van der Waals surface area contributed by atoms with Crippen LogP contribution in [0.5, 0.6) is 0 Å². The molecular formula is C13H6F2I3NO3S. The van der Waals surface area contributed by atoms with Gasteiger partial charge in [-0.1, -0.05) is 0 Å². The molecule has 0 saturated carbocycles. The third-order valence-electron chi connectivity index (χ3n) is 2.61. The first-order valence-electron chi connectivity index (χ1n) is 5.78. The Morgan fingerprint density at radius 2 is 1.52 bits per heavy atom. The summed E-state index contributed by atoms with van der Waals surface area (Å²) < 4.78 is 54.6. The van der Waals surface area contributed by atoms with Crippen LogP contribution in [0.3, 0.4) is 0 Å². The van der Waals surface area contributed by atoms with Crippen LogP contribution in [0.25, 0.3) is 0 Å². The van der Waals surface area contributed by atoms with Gasteiger partial charge in [-0.2, -0.15) is 0 Å². The molecule has 1 N–H and O–H groups in total. The highest BCUT2D eigenvalue weighted by Gasteiger charge is 2.22. The molecule has 0 spiro atoms. The van der Waals surface area contributed by atoms with Crippen LogP contribution >= 0.6 is 67.8 Å². The lowest BCUT2D eigenvalue weighted by Crippen LogP contribution is -2.31. The van der Waals surface area contributed by atoms with E-state index in [0.29, 0.717) is 21.8 Å². The van der Waals surface area contributed by atoms with Crippen LogP contribution in [0.15, 0.2) is 35.2 Å². The zero-order chi connectivity index (χ0) is 17.4. The first-order chi connectivity index (χ1) is 10.6. The second-order valence-corrected chi connectivity index (χ2v) is 9.46. The van der Waals surface area contributed by atoms with E-state index >= 15 is 0 Å². The van der Waals surface area contributed by atoms with Crippen molar-refractivity contribution < 1.29 is 22.0 Å². The van der Waals surface area contributed by atoms with E-state index < -0.39 is 32.5 Å². The zero-order valence-electron chi connectivity index (χ0n) is 10.9. The zero-order valence-corrected chi connectivity index (χ0v) is 18.2. The number of nitrogens with one attached hydrogen (secondary N) is 1. The average molecular weight is 675 g/mol. The number of carbonyl (C=O) groups excluding carboxylic acids is 1. The smallest absolute Gasteiger partial charge is 0.266 e. The molecule has 0 bridgehead atoms. The summed E-state index contributed by atoms with van der Waals surface area (Å²) in [6, 6.07) is 5.19. The van der Waals surface area contributed by atoms with Gasteiger partial charge in [-0.05, 0) is 92.0 Å². The van der Waals surface area contributed by atoms with Gasteiger partial charge in [0.15, 0.2) is 0 Å². The molecule has 0 aliphatic rings. The first kappa shape index (κ1) is 19.2. The minimum atomic E-state index is -4.38. The number of benzene rings is 2. The number of hydrogen-bond donors (Lipinski definition) is 1. The summed E-state index contributed by atoms with van der Waals surface area (Å²) in [5.41, 5.74) is 0.169. The molecule has 4 nitrogen and oxygen atoms in total. The second-order valence-electron chi connectivity index (χ2n) is 4.29.